The highest BCUT2D eigenvalue weighted by molar-refractivity contribution is 6.09. The maximum absolute atomic E-state index is 2.40. The first-order chi connectivity index (χ1) is 12.7. The SMILES string of the molecule is Cc1ccc2c(ccc3c4c(ccc32)CC(C)CC4c2ccccc2)c1. The second-order valence-corrected chi connectivity index (χ2v) is 8.03. The zero-order valence-electron chi connectivity index (χ0n) is 15.5. The second-order valence-electron chi connectivity index (χ2n) is 8.03. The van der Waals surface area contributed by atoms with Gasteiger partial charge in [0.2, 0.25) is 0 Å². The van der Waals surface area contributed by atoms with Gasteiger partial charge in [0.05, 0.1) is 0 Å². The van der Waals surface area contributed by atoms with E-state index in [0.29, 0.717) is 5.92 Å². The maximum Gasteiger partial charge on any atom is 0.0101 e. The summed E-state index contributed by atoms with van der Waals surface area (Å²) in [5, 5.41) is 5.57. The van der Waals surface area contributed by atoms with Crippen LogP contribution in [0.25, 0.3) is 21.5 Å². The van der Waals surface area contributed by atoms with E-state index >= 15 is 0 Å². The second kappa shape index (κ2) is 5.99. The molecule has 128 valence electrons. The van der Waals surface area contributed by atoms with Crippen molar-refractivity contribution in [3.05, 3.63) is 95.1 Å². The Balaban J connectivity index is 1.82. The van der Waals surface area contributed by atoms with Gasteiger partial charge >= 0.3 is 0 Å². The Kier molecular flexibility index (Phi) is 3.60. The van der Waals surface area contributed by atoms with Gasteiger partial charge in [-0.2, -0.15) is 0 Å². The molecule has 2 unspecified atom stereocenters. The normalized spacial score (nSPS) is 19.6. The van der Waals surface area contributed by atoms with Crippen LogP contribution in [-0.2, 0) is 6.42 Å². The van der Waals surface area contributed by atoms with Gasteiger partial charge in [-0.05, 0) is 63.9 Å². The molecule has 0 bridgehead atoms. The van der Waals surface area contributed by atoms with Crippen LogP contribution in [0.5, 0.6) is 0 Å². The maximum atomic E-state index is 2.40. The fraction of sp³-hybridized carbons (Fsp3) is 0.231. The number of aryl methyl sites for hydroxylation is 1. The third-order valence-corrected chi connectivity index (χ3v) is 6.06. The summed E-state index contributed by atoms with van der Waals surface area (Å²) in [6.07, 6.45) is 2.43. The molecule has 2 atom stereocenters. The van der Waals surface area contributed by atoms with E-state index in [4.69, 9.17) is 0 Å². The molecule has 0 heterocycles. The standard InChI is InChI=1S/C26H24/c1-17-8-11-22-20(14-17)9-13-24-23(22)12-10-21-15-18(2)16-25(26(21)24)19-6-4-3-5-7-19/h3-14,18,25H,15-16H2,1-2H3. The minimum absolute atomic E-state index is 0.501. The van der Waals surface area contributed by atoms with E-state index in [-0.39, 0.29) is 0 Å². The third kappa shape index (κ3) is 2.44. The van der Waals surface area contributed by atoms with Crippen molar-refractivity contribution in [3.8, 4) is 0 Å². The van der Waals surface area contributed by atoms with Gasteiger partial charge in [0.1, 0.15) is 0 Å². The molecule has 26 heavy (non-hydrogen) atoms. The lowest BCUT2D eigenvalue weighted by Gasteiger charge is -2.31. The van der Waals surface area contributed by atoms with Crippen molar-refractivity contribution in [1.82, 2.24) is 0 Å². The van der Waals surface area contributed by atoms with Crippen LogP contribution < -0.4 is 0 Å². The van der Waals surface area contributed by atoms with Crippen molar-refractivity contribution in [2.75, 3.05) is 0 Å². The van der Waals surface area contributed by atoms with Gasteiger partial charge in [-0.3, -0.25) is 0 Å². The van der Waals surface area contributed by atoms with Gasteiger partial charge in [-0.1, -0.05) is 85.3 Å². The number of hydrogen-bond donors (Lipinski definition) is 0. The number of rotatable bonds is 1. The van der Waals surface area contributed by atoms with E-state index < -0.39 is 0 Å². The number of hydrogen-bond acceptors (Lipinski definition) is 0. The Morgan fingerprint density at radius 2 is 1.54 bits per heavy atom. The first-order valence-corrected chi connectivity index (χ1v) is 9.70. The Hall–Kier alpha value is -2.60. The molecule has 0 spiro atoms. The molecule has 4 aromatic carbocycles. The molecule has 0 aromatic heterocycles. The molecule has 1 aliphatic carbocycles. The van der Waals surface area contributed by atoms with Crippen LogP contribution in [-0.4, -0.2) is 0 Å². The Morgan fingerprint density at radius 3 is 2.38 bits per heavy atom. The van der Waals surface area contributed by atoms with Crippen LogP contribution >= 0.6 is 0 Å². The molecule has 0 N–H and O–H groups in total. The van der Waals surface area contributed by atoms with Crippen molar-refractivity contribution in [3.63, 3.8) is 0 Å². The molecule has 0 radical (unpaired) electrons. The average molecular weight is 336 g/mol. The number of fused-ring (bicyclic) bond motifs is 5. The molecule has 5 rings (SSSR count). The predicted molar refractivity (Wildman–Crippen MR) is 112 cm³/mol. The number of benzene rings is 4. The van der Waals surface area contributed by atoms with Gasteiger partial charge < -0.3 is 0 Å². The fourth-order valence-electron chi connectivity index (χ4n) is 4.89. The highest BCUT2D eigenvalue weighted by atomic mass is 14.3. The van der Waals surface area contributed by atoms with Gasteiger partial charge in [0, 0.05) is 5.92 Å². The van der Waals surface area contributed by atoms with E-state index in [1.54, 1.807) is 5.56 Å². The summed E-state index contributed by atoms with van der Waals surface area (Å²) in [6.45, 7) is 4.57. The zero-order chi connectivity index (χ0) is 17.7. The van der Waals surface area contributed by atoms with Crippen LogP contribution in [0.2, 0.25) is 0 Å². The highest BCUT2D eigenvalue weighted by Gasteiger charge is 2.27. The fourth-order valence-corrected chi connectivity index (χ4v) is 4.89. The summed E-state index contributed by atoms with van der Waals surface area (Å²) in [6, 6.07) is 27.3. The van der Waals surface area contributed by atoms with Crippen molar-refractivity contribution in [1.29, 1.82) is 0 Å². The molecular weight excluding hydrogens is 312 g/mol. The molecule has 0 heteroatoms. The third-order valence-electron chi connectivity index (χ3n) is 6.06. The minimum atomic E-state index is 0.501. The lowest BCUT2D eigenvalue weighted by Crippen LogP contribution is -2.18. The summed E-state index contributed by atoms with van der Waals surface area (Å²) >= 11 is 0. The van der Waals surface area contributed by atoms with Crippen molar-refractivity contribution in [2.45, 2.75) is 32.6 Å². The first kappa shape index (κ1) is 15.6. The minimum Gasteiger partial charge on any atom is -0.0622 e. The van der Waals surface area contributed by atoms with Crippen LogP contribution in [0.3, 0.4) is 0 Å². The van der Waals surface area contributed by atoms with Gasteiger partial charge in [0.25, 0.3) is 0 Å². The molecule has 0 saturated heterocycles. The van der Waals surface area contributed by atoms with Crippen LogP contribution in [0.15, 0.2) is 72.8 Å². The first-order valence-electron chi connectivity index (χ1n) is 9.70. The summed E-state index contributed by atoms with van der Waals surface area (Å²) in [5.74, 6) is 1.23. The summed E-state index contributed by atoms with van der Waals surface area (Å²) in [5.41, 5.74) is 5.88. The molecule has 0 saturated carbocycles. The topological polar surface area (TPSA) is 0 Å². The lowest BCUT2D eigenvalue weighted by atomic mass is 9.72. The van der Waals surface area contributed by atoms with Crippen LogP contribution in [0, 0.1) is 12.8 Å². The predicted octanol–water partition coefficient (Wildman–Crippen LogP) is 7.02. The molecule has 0 nitrogen and oxygen atoms in total. The monoisotopic (exact) mass is 336 g/mol. The zero-order valence-corrected chi connectivity index (χ0v) is 15.5. The average Bonchev–Trinajstić information content (AvgIpc) is 2.67. The van der Waals surface area contributed by atoms with E-state index in [1.165, 1.54) is 51.1 Å². The van der Waals surface area contributed by atoms with Crippen LogP contribution in [0.1, 0.15) is 41.5 Å². The van der Waals surface area contributed by atoms with Crippen molar-refractivity contribution in [2.24, 2.45) is 5.92 Å². The molecule has 1 aliphatic rings. The Morgan fingerprint density at radius 1 is 0.769 bits per heavy atom. The Bertz CT molecular complexity index is 1110. The summed E-state index contributed by atoms with van der Waals surface area (Å²) in [7, 11) is 0. The van der Waals surface area contributed by atoms with Crippen LogP contribution in [0.4, 0.5) is 0 Å². The van der Waals surface area contributed by atoms with E-state index in [2.05, 4.69) is 86.6 Å². The molecule has 0 fully saturated rings. The molecule has 4 aromatic rings. The highest BCUT2D eigenvalue weighted by Crippen LogP contribution is 2.43. The summed E-state index contributed by atoms with van der Waals surface area (Å²) in [4.78, 5) is 0. The van der Waals surface area contributed by atoms with E-state index in [1.807, 2.05) is 0 Å². The van der Waals surface area contributed by atoms with Crippen molar-refractivity contribution < 1.29 is 0 Å². The van der Waals surface area contributed by atoms with E-state index in [0.717, 1.165) is 5.92 Å². The van der Waals surface area contributed by atoms with Gasteiger partial charge in [0.15, 0.2) is 0 Å². The van der Waals surface area contributed by atoms with Gasteiger partial charge in [-0.15, -0.1) is 0 Å². The largest absolute Gasteiger partial charge is 0.0622 e. The molecule has 0 amide bonds. The van der Waals surface area contributed by atoms with Gasteiger partial charge in [-0.25, -0.2) is 0 Å². The smallest absolute Gasteiger partial charge is 0.0101 e. The van der Waals surface area contributed by atoms with Crippen molar-refractivity contribution >= 4 is 21.5 Å². The molecule has 0 aliphatic heterocycles. The molecular formula is C26H24. The summed E-state index contributed by atoms with van der Waals surface area (Å²) < 4.78 is 0. The van der Waals surface area contributed by atoms with E-state index in [9.17, 15) is 0 Å². The quantitative estimate of drug-likeness (QED) is 0.328. The lowest BCUT2D eigenvalue weighted by molar-refractivity contribution is 0.467. The Labute approximate surface area is 155 Å².